The summed E-state index contributed by atoms with van der Waals surface area (Å²) in [5.74, 6) is 2.56. The van der Waals surface area contributed by atoms with E-state index < -0.39 is 0 Å². The molecule has 0 heterocycles. The van der Waals surface area contributed by atoms with Crippen LogP contribution >= 0.6 is 0 Å². The van der Waals surface area contributed by atoms with Gasteiger partial charge in [0.25, 0.3) is 0 Å². The van der Waals surface area contributed by atoms with E-state index in [-0.39, 0.29) is 0 Å². The van der Waals surface area contributed by atoms with Crippen LogP contribution in [-0.4, -0.2) is 25.2 Å². The number of nitrogens with zero attached hydrogens (tertiary/aromatic N) is 2. The monoisotopic (exact) mass is 372 g/mol. The van der Waals surface area contributed by atoms with Crippen molar-refractivity contribution in [1.29, 1.82) is 0 Å². The fourth-order valence-electron chi connectivity index (χ4n) is 4.90. The molecule has 0 radical (unpaired) electrons. The third-order valence-electron chi connectivity index (χ3n) is 6.40. The van der Waals surface area contributed by atoms with E-state index in [0.29, 0.717) is 13.1 Å². The molecule has 4 nitrogen and oxygen atoms in total. The smallest absolute Gasteiger partial charge is 0.211 e. The molecule has 3 aliphatic carbocycles. The first-order chi connectivity index (χ1) is 13.3. The summed E-state index contributed by atoms with van der Waals surface area (Å²) in [5, 5.41) is 0. The van der Waals surface area contributed by atoms with E-state index in [4.69, 9.17) is 0 Å². The van der Waals surface area contributed by atoms with E-state index in [2.05, 4.69) is 16.1 Å². The molecule has 4 heteroatoms. The van der Waals surface area contributed by atoms with Gasteiger partial charge in [-0.3, -0.25) is 0 Å². The number of allylic oxidation sites excluding steroid dienone is 2. The van der Waals surface area contributed by atoms with Crippen molar-refractivity contribution < 1.29 is 9.59 Å². The molecule has 1 fully saturated rings. The predicted octanol–water partition coefficient (Wildman–Crippen LogP) is 5.92. The first-order valence-corrected chi connectivity index (χ1v) is 11.1. The molecule has 1 saturated carbocycles. The second-order valence-corrected chi connectivity index (χ2v) is 8.36. The van der Waals surface area contributed by atoms with Crippen LogP contribution in [-0.2, 0) is 9.59 Å². The number of aliphatic imine (C=N–C) groups is 2. The van der Waals surface area contributed by atoms with Crippen LogP contribution < -0.4 is 0 Å². The maximum Gasteiger partial charge on any atom is 0.234 e. The van der Waals surface area contributed by atoms with Gasteiger partial charge in [-0.25, -0.2) is 19.6 Å². The van der Waals surface area contributed by atoms with Gasteiger partial charge in [-0.2, -0.15) is 0 Å². The average molecular weight is 373 g/mol. The Morgan fingerprint density at radius 3 is 2.04 bits per heavy atom. The molecule has 0 aromatic rings. The number of unbranched alkanes of at least 4 members (excludes halogenated alkanes) is 6. The molecule has 0 N–H and O–H groups in total. The SMILES string of the molecule is O=C=NCCCCCCC1CCCC2C=C(C2)C1CCCCCCN=C=O. The summed E-state index contributed by atoms with van der Waals surface area (Å²) >= 11 is 0. The van der Waals surface area contributed by atoms with Crippen molar-refractivity contribution in [3.8, 4) is 0 Å². The predicted molar refractivity (Wildman–Crippen MR) is 109 cm³/mol. The minimum Gasteiger partial charge on any atom is -0.211 e. The van der Waals surface area contributed by atoms with Gasteiger partial charge in [0.1, 0.15) is 0 Å². The molecular weight excluding hydrogens is 336 g/mol. The van der Waals surface area contributed by atoms with Crippen LogP contribution in [0.15, 0.2) is 21.6 Å². The van der Waals surface area contributed by atoms with E-state index in [1.165, 1.54) is 77.0 Å². The highest BCUT2D eigenvalue weighted by Gasteiger charge is 2.32. The van der Waals surface area contributed by atoms with Gasteiger partial charge in [0.05, 0.1) is 13.1 Å². The second-order valence-electron chi connectivity index (χ2n) is 8.36. The Bertz CT molecular complexity index is 545. The quantitative estimate of drug-likeness (QED) is 0.164. The van der Waals surface area contributed by atoms with Gasteiger partial charge in [-0.15, -0.1) is 0 Å². The largest absolute Gasteiger partial charge is 0.234 e. The standard InChI is InChI=1S/C23H36N2O2/c26-18-24-14-7-3-1-5-11-21-12-9-10-20-16-22(17-20)23(21)13-6-2-4-8-15-25-19-27/h16,20-21,23H,1-15,17H2. The zero-order chi connectivity index (χ0) is 19.2. The maximum atomic E-state index is 10.1. The zero-order valence-corrected chi connectivity index (χ0v) is 16.8. The Morgan fingerprint density at radius 1 is 0.815 bits per heavy atom. The molecule has 0 aromatic carbocycles. The summed E-state index contributed by atoms with van der Waals surface area (Å²) in [4.78, 5) is 27.5. The van der Waals surface area contributed by atoms with Gasteiger partial charge in [-0.05, 0) is 62.7 Å². The summed E-state index contributed by atoms with van der Waals surface area (Å²) < 4.78 is 0. The average Bonchev–Trinajstić information content (AvgIpc) is 2.62. The third-order valence-corrected chi connectivity index (χ3v) is 6.40. The lowest BCUT2D eigenvalue weighted by Gasteiger charge is -2.39. The molecule has 0 aliphatic heterocycles. The molecule has 150 valence electrons. The Kier molecular flexibility index (Phi) is 11.0. The van der Waals surface area contributed by atoms with Gasteiger partial charge in [0, 0.05) is 0 Å². The second kappa shape index (κ2) is 13.6. The van der Waals surface area contributed by atoms with Crippen LogP contribution in [0.1, 0.15) is 89.9 Å². The van der Waals surface area contributed by atoms with Crippen molar-refractivity contribution in [1.82, 2.24) is 0 Å². The maximum absolute atomic E-state index is 10.1. The summed E-state index contributed by atoms with van der Waals surface area (Å²) in [6, 6.07) is 0. The van der Waals surface area contributed by atoms with Crippen molar-refractivity contribution in [2.45, 2.75) is 89.9 Å². The van der Waals surface area contributed by atoms with Gasteiger partial charge in [-0.1, -0.05) is 56.6 Å². The molecule has 3 atom stereocenters. The molecule has 3 aliphatic rings. The Labute approximate surface area is 164 Å². The van der Waals surface area contributed by atoms with Crippen molar-refractivity contribution in [3.63, 3.8) is 0 Å². The normalized spacial score (nSPS) is 23.9. The molecular formula is C23H36N2O2. The number of rotatable bonds is 14. The summed E-state index contributed by atoms with van der Waals surface area (Å²) in [6.45, 7) is 1.28. The van der Waals surface area contributed by atoms with E-state index in [0.717, 1.165) is 30.6 Å². The molecule has 0 saturated heterocycles. The van der Waals surface area contributed by atoms with Crippen LogP contribution in [0, 0.1) is 17.8 Å². The third kappa shape index (κ3) is 8.37. The first kappa shape index (κ1) is 21.8. The fourth-order valence-corrected chi connectivity index (χ4v) is 4.90. The van der Waals surface area contributed by atoms with Crippen molar-refractivity contribution in [3.05, 3.63) is 11.6 Å². The lowest BCUT2D eigenvalue weighted by molar-refractivity contribution is 0.243. The Hall–Kier alpha value is -1.50. The number of carbonyl (C=O) groups excluding carboxylic acids is 2. The fraction of sp³-hybridized carbons (Fsp3) is 0.826. The molecule has 3 unspecified atom stereocenters. The first-order valence-electron chi connectivity index (χ1n) is 11.1. The Balaban J connectivity index is 1.70. The van der Waals surface area contributed by atoms with Crippen LogP contribution in [0.3, 0.4) is 0 Å². The van der Waals surface area contributed by atoms with Gasteiger partial charge >= 0.3 is 0 Å². The van der Waals surface area contributed by atoms with Gasteiger partial charge in [0.2, 0.25) is 12.2 Å². The molecule has 0 spiro atoms. The van der Waals surface area contributed by atoms with E-state index in [1.807, 2.05) is 0 Å². The summed E-state index contributed by atoms with van der Waals surface area (Å²) in [7, 11) is 0. The van der Waals surface area contributed by atoms with Gasteiger partial charge < -0.3 is 0 Å². The van der Waals surface area contributed by atoms with Crippen LogP contribution in [0.2, 0.25) is 0 Å². The molecule has 0 amide bonds. The van der Waals surface area contributed by atoms with E-state index >= 15 is 0 Å². The van der Waals surface area contributed by atoms with Crippen molar-refractivity contribution in [2.75, 3.05) is 13.1 Å². The number of fused-ring (bicyclic) bond motifs is 4. The number of isocyanates is 2. The number of hydrogen-bond acceptors (Lipinski definition) is 4. The van der Waals surface area contributed by atoms with Crippen molar-refractivity contribution in [2.24, 2.45) is 27.7 Å². The number of hydrogen-bond donors (Lipinski definition) is 0. The zero-order valence-electron chi connectivity index (χ0n) is 16.8. The highest BCUT2D eigenvalue weighted by molar-refractivity contribution is 5.32. The van der Waals surface area contributed by atoms with Gasteiger partial charge in [0.15, 0.2) is 0 Å². The van der Waals surface area contributed by atoms with Crippen LogP contribution in [0.25, 0.3) is 0 Å². The Morgan fingerprint density at radius 2 is 1.41 bits per heavy atom. The minimum atomic E-state index is 0.639. The minimum absolute atomic E-state index is 0.639. The summed E-state index contributed by atoms with van der Waals surface area (Å²) in [5.41, 5.74) is 1.76. The van der Waals surface area contributed by atoms with E-state index in [1.54, 1.807) is 17.7 Å². The molecule has 27 heavy (non-hydrogen) atoms. The highest BCUT2D eigenvalue weighted by Crippen LogP contribution is 2.45. The lowest BCUT2D eigenvalue weighted by Crippen LogP contribution is -2.27. The summed E-state index contributed by atoms with van der Waals surface area (Å²) in [6.07, 6.45) is 23.6. The molecule has 3 rings (SSSR count). The molecule has 2 bridgehead atoms. The highest BCUT2D eigenvalue weighted by atomic mass is 16.1. The van der Waals surface area contributed by atoms with E-state index in [9.17, 15) is 9.59 Å². The lowest BCUT2D eigenvalue weighted by atomic mass is 9.66. The van der Waals surface area contributed by atoms with Crippen LogP contribution in [0.4, 0.5) is 0 Å². The molecule has 0 aromatic heterocycles. The topological polar surface area (TPSA) is 58.9 Å². The van der Waals surface area contributed by atoms with Crippen LogP contribution in [0.5, 0.6) is 0 Å². The van der Waals surface area contributed by atoms with Crippen molar-refractivity contribution >= 4 is 12.2 Å².